The van der Waals surface area contributed by atoms with Gasteiger partial charge >= 0.3 is 0 Å². The number of hydrogen-bond acceptors (Lipinski definition) is 4. The Balaban J connectivity index is 1.61. The Morgan fingerprint density at radius 3 is 2.70 bits per heavy atom. The number of carbonyl (C=O) groups excluding carboxylic acids is 1. The van der Waals surface area contributed by atoms with Gasteiger partial charge in [-0.2, -0.15) is 0 Å². The van der Waals surface area contributed by atoms with Crippen LogP contribution < -0.4 is 10.1 Å². The summed E-state index contributed by atoms with van der Waals surface area (Å²) in [5.41, 5.74) is 1.77. The molecule has 2 aromatic rings. The Kier molecular flexibility index (Phi) is 4.88. The topological polar surface area (TPSA) is 54.5 Å². The van der Waals surface area contributed by atoms with Gasteiger partial charge in [0.05, 0.1) is 0 Å². The van der Waals surface area contributed by atoms with Crippen LogP contribution in [0.25, 0.3) is 0 Å². The molecule has 1 N–H and O–H groups in total. The number of amides is 1. The number of aromatic nitrogens is 1. The van der Waals surface area contributed by atoms with Crippen molar-refractivity contribution in [3.05, 3.63) is 59.9 Å². The van der Waals surface area contributed by atoms with Gasteiger partial charge in [0.15, 0.2) is 0 Å². The maximum atomic E-state index is 12.6. The van der Waals surface area contributed by atoms with Crippen LogP contribution in [-0.4, -0.2) is 41.5 Å². The van der Waals surface area contributed by atoms with Crippen LogP contribution in [0.4, 0.5) is 0 Å². The Labute approximate surface area is 136 Å². The summed E-state index contributed by atoms with van der Waals surface area (Å²) in [6.07, 6.45) is 3.49. The van der Waals surface area contributed by atoms with E-state index < -0.39 is 0 Å². The zero-order valence-electron chi connectivity index (χ0n) is 13.2. The molecule has 1 saturated heterocycles. The third-order valence-electron chi connectivity index (χ3n) is 4.02. The molecule has 2 heterocycles. The summed E-state index contributed by atoms with van der Waals surface area (Å²) in [4.78, 5) is 18.5. The van der Waals surface area contributed by atoms with Gasteiger partial charge in [-0.3, -0.25) is 9.78 Å². The fourth-order valence-corrected chi connectivity index (χ4v) is 2.65. The molecule has 3 rings (SSSR count). The van der Waals surface area contributed by atoms with Gasteiger partial charge in [0.1, 0.15) is 12.4 Å². The van der Waals surface area contributed by atoms with Crippen molar-refractivity contribution in [2.24, 2.45) is 0 Å². The smallest absolute Gasteiger partial charge is 0.254 e. The highest BCUT2D eigenvalue weighted by molar-refractivity contribution is 5.94. The molecule has 5 nitrogen and oxygen atoms in total. The highest BCUT2D eigenvalue weighted by atomic mass is 16.5. The number of benzene rings is 1. The van der Waals surface area contributed by atoms with E-state index in [1.165, 1.54) is 0 Å². The minimum atomic E-state index is 0.0830. The molecule has 23 heavy (non-hydrogen) atoms. The predicted molar refractivity (Wildman–Crippen MR) is 88.4 cm³/mol. The van der Waals surface area contributed by atoms with Crippen molar-refractivity contribution in [2.75, 3.05) is 19.6 Å². The summed E-state index contributed by atoms with van der Waals surface area (Å²) in [6, 6.07) is 11.4. The number of nitrogens with one attached hydrogen (secondary N) is 1. The van der Waals surface area contributed by atoms with Crippen LogP contribution in [0, 0.1) is 0 Å². The number of hydrogen-bond donors (Lipinski definition) is 1. The maximum absolute atomic E-state index is 12.6. The van der Waals surface area contributed by atoms with Crippen molar-refractivity contribution in [3.63, 3.8) is 0 Å². The molecular weight excluding hydrogens is 290 g/mol. The van der Waals surface area contributed by atoms with E-state index in [1.807, 2.05) is 41.3 Å². The average molecular weight is 311 g/mol. The standard InChI is InChI=1S/C18H21N3O2/c1-14-12-20-10-11-21(14)18(22)16-2-4-17(5-3-16)23-13-15-6-8-19-9-7-15/h2-9,14,20H,10-13H2,1H3/t14-/m0/s1. The lowest BCUT2D eigenvalue weighted by atomic mass is 10.1. The summed E-state index contributed by atoms with van der Waals surface area (Å²) in [5.74, 6) is 0.839. The van der Waals surface area contributed by atoms with E-state index in [0.29, 0.717) is 12.2 Å². The zero-order valence-corrected chi connectivity index (χ0v) is 13.2. The van der Waals surface area contributed by atoms with Crippen molar-refractivity contribution in [2.45, 2.75) is 19.6 Å². The van der Waals surface area contributed by atoms with Crippen LogP contribution in [0.3, 0.4) is 0 Å². The van der Waals surface area contributed by atoms with Crippen molar-refractivity contribution in [1.29, 1.82) is 0 Å². The van der Waals surface area contributed by atoms with Gasteiger partial charge in [-0.1, -0.05) is 0 Å². The van der Waals surface area contributed by atoms with Crippen LogP contribution in [0.15, 0.2) is 48.8 Å². The maximum Gasteiger partial charge on any atom is 0.254 e. The number of carbonyl (C=O) groups is 1. The normalized spacial score (nSPS) is 17.8. The van der Waals surface area contributed by atoms with Crippen LogP contribution in [0.2, 0.25) is 0 Å². The molecule has 1 aromatic carbocycles. The SMILES string of the molecule is C[C@H]1CNCCN1C(=O)c1ccc(OCc2ccncc2)cc1. The number of pyridine rings is 1. The Morgan fingerprint density at radius 1 is 1.26 bits per heavy atom. The van der Waals surface area contributed by atoms with Gasteiger partial charge in [-0.05, 0) is 48.9 Å². The summed E-state index contributed by atoms with van der Waals surface area (Å²) in [6.45, 7) is 5.00. The number of ether oxygens (including phenoxy) is 1. The molecule has 1 fully saturated rings. The molecule has 0 saturated carbocycles. The monoisotopic (exact) mass is 311 g/mol. The van der Waals surface area contributed by atoms with E-state index in [-0.39, 0.29) is 11.9 Å². The van der Waals surface area contributed by atoms with Gasteiger partial charge in [0, 0.05) is 43.6 Å². The van der Waals surface area contributed by atoms with Crippen molar-refractivity contribution in [3.8, 4) is 5.75 Å². The zero-order chi connectivity index (χ0) is 16.1. The fraction of sp³-hybridized carbons (Fsp3) is 0.333. The first-order valence-corrected chi connectivity index (χ1v) is 7.87. The second-order valence-electron chi connectivity index (χ2n) is 5.72. The van der Waals surface area contributed by atoms with E-state index in [1.54, 1.807) is 12.4 Å². The minimum Gasteiger partial charge on any atom is -0.489 e. The van der Waals surface area contributed by atoms with Crippen molar-refractivity contribution < 1.29 is 9.53 Å². The van der Waals surface area contributed by atoms with Crippen LogP contribution in [-0.2, 0) is 6.61 Å². The molecule has 1 aliphatic rings. The molecule has 0 aliphatic carbocycles. The average Bonchev–Trinajstić information content (AvgIpc) is 2.61. The van der Waals surface area contributed by atoms with Gasteiger partial charge in [0.2, 0.25) is 0 Å². The lowest BCUT2D eigenvalue weighted by Crippen LogP contribution is -2.52. The molecule has 120 valence electrons. The second-order valence-corrected chi connectivity index (χ2v) is 5.72. The van der Waals surface area contributed by atoms with Crippen molar-refractivity contribution >= 4 is 5.91 Å². The van der Waals surface area contributed by atoms with Gasteiger partial charge < -0.3 is 15.0 Å². The first kappa shape index (κ1) is 15.5. The Morgan fingerprint density at radius 2 is 2.00 bits per heavy atom. The van der Waals surface area contributed by atoms with Gasteiger partial charge in [0.25, 0.3) is 5.91 Å². The number of piperazine rings is 1. The van der Waals surface area contributed by atoms with Crippen LogP contribution in [0.1, 0.15) is 22.8 Å². The molecule has 0 radical (unpaired) electrons. The number of nitrogens with zero attached hydrogens (tertiary/aromatic N) is 2. The lowest BCUT2D eigenvalue weighted by Gasteiger charge is -2.34. The summed E-state index contributed by atoms with van der Waals surface area (Å²) < 4.78 is 5.73. The van der Waals surface area contributed by atoms with E-state index in [4.69, 9.17) is 4.74 Å². The first-order valence-electron chi connectivity index (χ1n) is 7.87. The molecular formula is C18H21N3O2. The Hall–Kier alpha value is -2.40. The molecule has 1 amide bonds. The van der Waals surface area contributed by atoms with Crippen LogP contribution in [0.5, 0.6) is 5.75 Å². The second kappa shape index (κ2) is 7.24. The molecule has 5 heteroatoms. The molecule has 0 bridgehead atoms. The third kappa shape index (κ3) is 3.87. The predicted octanol–water partition coefficient (Wildman–Crippen LogP) is 2.09. The molecule has 1 atom stereocenters. The highest BCUT2D eigenvalue weighted by Gasteiger charge is 2.23. The molecule has 1 aliphatic heterocycles. The Bertz CT molecular complexity index is 643. The largest absolute Gasteiger partial charge is 0.489 e. The van der Waals surface area contributed by atoms with E-state index in [9.17, 15) is 4.79 Å². The summed E-state index contributed by atoms with van der Waals surface area (Å²) in [5, 5.41) is 3.29. The van der Waals surface area contributed by atoms with E-state index in [0.717, 1.165) is 30.9 Å². The quantitative estimate of drug-likeness (QED) is 0.939. The first-order chi connectivity index (χ1) is 11.2. The highest BCUT2D eigenvalue weighted by Crippen LogP contribution is 2.16. The minimum absolute atomic E-state index is 0.0830. The van der Waals surface area contributed by atoms with Gasteiger partial charge in [-0.15, -0.1) is 0 Å². The van der Waals surface area contributed by atoms with E-state index in [2.05, 4.69) is 17.2 Å². The van der Waals surface area contributed by atoms with Crippen LogP contribution >= 0.6 is 0 Å². The number of rotatable bonds is 4. The molecule has 0 unspecified atom stereocenters. The van der Waals surface area contributed by atoms with Gasteiger partial charge in [-0.25, -0.2) is 0 Å². The fourth-order valence-electron chi connectivity index (χ4n) is 2.65. The third-order valence-corrected chi connectivity index (χ3v) is 4.02. The van der Waals surface area contributed by atoms with Crippen molar-refractivity contribution in [1.82, 2.24) is 15.2 Å². The summed E-state index contributed by atoms with van der Waals surface area (Å²) >= 11 is 0. The summed E-state index contributed by atoms with van der Waals surface area (Å²) in [7, 11) is 0. The molecule has 1 aromatic heterocycles. The lowest BCUT2D eigenvalue weighted by molar-refractivity contribution is 0.0655. The van der Waals surface area contributed by atoms with E-state index >= 15 is 0 Å². The molecule has 0 spiro atoms.